The van der Waals surface area contributed by atoms with Gasteiger partial charge in [-0.25, -0.2) is 22.2 Å². The largest absolute Gasteiger partial charge is 0.494 e. The molecule has 1 aromatic heterocycles. The second kappa shape index (κ2) is 20.0. The van der Waals surface area contributed by atoms with E-state index in [9.17, 15) is 22.8 Å². The van der Waals surface area contributed by atoms with Crippen LogP contribution in [0, 0.1) is 17.6 Å². The number of benzene rings is 3. The van der Waals surface area contributed by atoms with E-state index in [2.05, 4.69) is 72.6 Å². The zero-order valence-corrected chi connectivity index (χ0v) is 41.8. The average Bonchev–Trinajstić information content (AvgIpc) is 4.03. The normalized spacial score (nSPS) is 20.3. The van der Waals surface area contributed by atoms with Crippen molar-refractivity contribution in [1.29, 1.82) is 0 Å². The summed E-state index contributed by atoms with van der Waals surface area (Å²) in [5.74, 6) is -2.59. The van der Waals surface area contributed by atoms with Crippen molar-refractivity contribution < 1.29 is 36.3 Å². The number of carbonyl (C=O) groups is 3. The van der Waals surface area contributed by atoms with Gasteiger partial charge >= 0.3 is 0 Å². The first kappa shape index (κ1) is 48.4. The van der Waals surface area contributed by atoms with Gasteiger partial charge in [-0.3, -0.25) is 28.9 Å². The number of piperazine rings is 1. The number of aryl methyl sites for hydroxylation is 2. The fourth-order valence-electron chi connectivity index (χ4n) is 10.8. The highest BCUT2D eigenvalue weighted by atomic mass is 79.9. The molecule has 6 heterocycles. The van der Waals surface area contributed by atoms with E-state index in [-0.39, 0.29) is 30.2 Å². The molecule has 0 unspecified atom stereocenters. The number of hydrogen-bond donors (Lipinski definition) is 3. The minimum absolute atomic E-state index is 0.0237. The first-order valence-electron chi connectivity index (χ1n) is 23.9. The molecule has 0 spiro atoms. The summed E-state index contributed by atoms with van der Waals surface area (Å²) in [6.07, 6.45) is 7.73. The summed E-state index contributed by atoms with van der Waals surface area (Å²) < 4.78 is 64.2. The van der Waals surface area contributed by atoms with E-state index >= 15 is 8.78 Å². The van der Waals surface area contributed by atoms with Crippen LogP contribution in [0.25, 0.3) is 0 Å². The molecule has 5 aliphatic heterocycles. The lowest BCUT2D eigenvalue weighted by atomic mass is 9.89. The second-order valence-corrected chi connectivity index (χ2v) is 21.3. The molecule has 9 rings (SSSR count). The number of sulfonamides is 1. The molecule has 69 heavy (non-hydrogen) atoms. The highest BCUT2D eigenvalue weighted by molar-refractivity contribution is 9.10. The Kier molecular flexibility index (Phi) is 14.0. The van der Waals surface area contributed by atoms with Crippen LogP contribution in [0.1, 0.15) is 74.1 Å². The number of methoxy groups -OCH3 is 1. The molecular formula is C49H59BrF2N10O6S. The van der Waals surface area contributed by atoms with E-state index in [0.29, 0.717) is 90.7 Å². The van der Waals surface area contributed by atoms with Gasteiger partial charge in [-0.2, -0.15) is 4.98 Å². The monoisotopic (exact) mass is 1030 g/mol. The zero-order chi connectivity index (χ0) is 48.7. The second-order valence-electron chi connectivity index (χ2n) is 18.6. The third-order valence-corrected chi connectivity index (χ3v) is 16.2. The Balaban J connectivity index is 0.792. The fourth-order valence-corrected chi connectivity index (χ4v) is 12.1. The Morgan fingerprint density at radius 1 is 0.870 bits per heavy atom. The summed E-state index contributed by atoms with van der Waals surface area (Å²) in [5.41, 5.74) is 6.46. The van der Waals surface area contributed by atoms with Crippen molar-refractivity contribution in [3.63, 3.8) is 0 Å². The average molecular weight is 1030 g/mol. The Morgan fingerprint density at radius 3 is 2.25 bits per heavy atom. The fraction of sp³-hybridized carbons (Fsp3) is 0.490. The SMILES string of the molecule is CCc1cc(Nc2ncc(Br)c(Nc3ccc(CC)c4c3N(S(C)(=O)=O)CC4)n2)c(OC)cc1N1CCC(N2CCN(C(=O)[C@@H]3CCN(c4cc(F)c([C@H]5CCC(=O)NC5=O)c(F)c4)C3)CC2)CC1. The van der Waals surface area contributed by atoms with Gasteiger partial charge in [0.15, 0.2) is 0 Å². The Labute approximate surface area is 410 Å². The van der Waals surface area contributed by atoms with E-state index in [1.807, 2.05) is 21.9 Å². The maximum absolute atomic E-state index is 15.3. The molecule has 0 bridgehead atoms. The smallest absolute Gasteiger partial charge is 0.234 e. The summed E-state index contributed by atoms with van der Waals surface area (Å²) in [5, 5.41) is 8.93. The number of imide groups is 1. The van der Waals surface area contributed by atoms with Crippen molar-refractivity contribution in [1.82, 2.24) is 25.1 Å². The predicted molar refractivity (Wildman–Crippen MR) is 266 cm³/mol. The Hall–Kier alpha value is -5.60. The van der Waals surface area contributed by atoms with Crippen molar-refractivity contribution in [3.8, 4) is 5.75 Å². The summed E-state index contributed by atoms with van der Waals surface area (Å²) in [7, 11) is -1.85. The maximum Gasteiger partial charge on any atom is 0.234 e. The van der Waals surface area contributed by atoms with E-state index in [1.54, 1.807) is 13.3 Å². The van der Waals surface area contributed by atoms with Gasteiger partial charge in [0.2, 0.25) is 33.7 Å². The first-order chi connectivity index (χ1) is 33.1. The minimum Gasteiger partial charge on any atom is -0.494 e. The van der Waals surface area contributed by atoms with Gasteiger partial charge in [0.1, 0.15) is 23.2 Å². The Morgan fingerprint density at radius 2 is 1.58 bits per heavy atom. The summed E-state index contributed by atoms with van der Waals surface area (Å²) in [6.45, 7) is 9.98. The lowest BCUT2D eigenvalue weighted by Crippen LogP contribution is -2.55. The quantitative estimate of drug-likeness (QED) is 0.122. The molecule has 2 atom stereocenters. The molecule has 0 saturated carbocycles. The number of nitrogens with one attached hydrogen (secondary N) is 3. The van der Waals surface area contributed by atoms with E-state index in [0.717, 1.165) is 79.9 Å². The van der Waals surface area contributed by atoms with Gasteiger partial charge in [-0.15, -0.1) is 0 Å². The number of hydrogen-bond acceptors (Lipinski definition) is 13. The van der Waals surface area contributed by atoms with Gasteiger partial charge in [0.05, 0.1) is 46.7 Å². The lowest BCUT2D eigenvalue weighted by molar-refractivity contribution is -0.137. The third-order valence-electron chi connectivity index (χ3n) is 14.5. The van der Waals surface area contributed by atoms with Crippen LogP contribution >= 0.6 is 15.9 Å². The number of rotatable bonds is 13. The molecular weight excluding hydrogens is 975 g/mol. The molecule has 4 fully saturated rings. The van der Waals surface area contributed by atoms with Gasteiger partial charge < -0.3 is 30.1 Å². The number of anilines is 7. The molecule has 0 aliphatic carbocycles. The molecule has 5 aliphatic rings. The number of aromatic nitrogens is 2. The van der Waals surface area contributed by atoms with Crippen molar-refractivity contribution in [2.24, 2.45) is 5.92 Å². The van der Waals surface area contributed by atoms with Gasteiger partial charge in [-0.1, -0.05) is 19.9 Å². The number of amides is 3. The van der Waals surface area contributed by atoms with Crippen LogP contribution in [0.15, 0.2) is 47.1 Å². The standard InChI is InChI=1S/C49H59BrF2N10O6S/c1-5-29-7-9-39(45-34(29)14-18-62(45)69(4,66)67)54-46-36(50)27-53-49(57-46)55-40-23-30(6-2)41(26-42(40)68-3)59-16-12-32(13-17-59)58-19-21-60(22-20-58)48(65)31-11-15-61(28-31)33-24-37(51)44(38(52)25-33)35-8-10-43(63)56-47(35)64/h7,9,23-27,31-32,35H,5-6,8,10-22,28H2,1-4H3,(H,56,63,64)(H2,53,54,55,57)/t31-,35-/m1/s1. The number of nitrogens with zero attached hydrogens (tertiary/aromatic N) is 7. The van der Waals surface area contributed by atoms with Gasteiger partial charge in [0, 0.05) is 101 Å². The maximum atomic E-state index is 15.3. The van der Waals surface area contributed by atoms with E-state index in [1.165, 1.54) is 22.7 Å². The van der Waals surface area contributed by atoms with Crippen LogP contribution in [0.4, 0.5) is 49.0 Å². The summed E-state index contributed by atoms with van der Waals surface area (Å²) >= 11 is 3.59. The van der Waals surface area contributed by atoms with Crippen LogP contribution < -0.4 is 34.8 Å². The van der Waals surface area contributed by atoms with Crippen LogP contribution in [-0.4, -0.2) is 124 Å². The van der Waals surface area contributed by atoms with Crippen molar-refractivity contribution in [2.75, 3.05) is 97.0 Å². The molecule has 4 aromatic rings. The predicted octanol–water partition coefficient (Wildman–Crippen LogP) is 6.62. The number of carbonyl (C=O) groups excluding carboxylic acids is 3. The number of halogens is 3. The van der Waals surface area contributed by atoms with Crippen molar-refractivity contribution in [3.05, 3.63) is 81.0 Å². The van der Waals surface area contributed by atoms with E-state index < -0.39 is 39.4 Å². The van der Waals surface area contributed by atoms with E-state index in [4.69, 9.17) is 9.72 Å². The first-order valence-corrected chi connectivity index (χ1v) is 26.5. The number of ether oxygens (including phenoxy) is 1. The molecule has 4 saturated heterocycles. The molecule has 16 nitrogen and oxygen atoms in total. The van der Waals surface area contributed by atoms with Gasteiger partial charge in [-0.05, 0) is 102 Å². The summed E-state index contributed by atoms with van der Waals surface area (Å²) in [6, 6.07) is 11.0. The molecule has 0 radical (unpaired) electrons. The third kappa shape index (κ3) is 9.93. The minimum atomic E-state index is -3.49. The molecule has 368 valence electrons. The highest BCUT2D eigenvalue weighted by Gasteiger charge is 2.38. The number of piperidine rings is 2. The van der Waals surface area contributed by atoms with Crippen LogP contribution in [0.5, 0.6) is 5.75 Å². The summed E-state index contributed by atoms with van der Waals surface area (Å²) in [4.78, 5) is 55.7. The number of fused-ring (bicyclic) bond motifs is 1. The van der Waals surface area contributed by atoms with Crippen LogP contribution in [-0.2, 0) is 43.7 Å². The van der Waals surface area contributed by atoms with Crippen molar-refractivity contribution >= 4 is 83.9 Å². The van der Waals surface area contributed by atoms with Crippen LogP contribution in [0.2, 0.25) is 0 Å². The van der Waals surface area contributed by atoms with Crippen LogP contribution in [0.3, 0.4) is 0 Å². The molecule has 20 heteroatoms. The van der Waals surface area contributed by atoms with Crippen molar-refractivity contribution in [2.45, 2.75) is 77.2 Å². The lowest BCUT2D eigenvalue weighted by Gasteiger charge is -2.44. The molecule has 3 amide bonds. The highest BCUT2D eigenvalue weighted by Crippen LogP contribution is 2.43. The molecule has 3 N–H and O–H groups in total. The Bertz CT molecular complexity index is 2750. The van der Waals surface area contributed by atoms with Gasteiger partial charge in [0.25, 0.3) is 0 Å². The zero-order valence-electron chi connectivity index (χ0n) is 39.4. The topological polar surface area (TPSA) is 173 Å². The molecule has 3 aromatic carbocycles.